The van der Waals surface area contributed by atoms with Crippen LogP contribution in [0.1, 0.15) is 41.4 Å². The molecule has 1 amide bonds. The second-order valence-electron chi connectivity index (χ2n) is 7.65. The summed E-state index contributed by atoms with van der Waals surface area (Å²) in [7, 11) is 1.51. The standard InChI is InChI=1S/C24H21N5O3/c1-14(2)29-21(27-23(30)16-8-5-9-18(11-16)32-4)17(13-25)12-19-22(29)26-20-15(3)7-6-10-28(20)24(19)31/h5-12,14H,1-4H3. The number of carbonyl (C=O) groups is 1. The zero-order valence-electron chi connectivity index (χ0n) is 18.2. The van der Waals surface area contributed by atoms with E-state index in [1.54, 1.807) is 41.1 Å². The lowest BCUT2D eigenvalue weighted by molar-refractivity contribution is 0.0996. The van der Waals surface area contributed by atoms with Gasteiger partial charge in [-0.1, -0.05) is 12.1 Å². The first-order valence-corrected chi connectivity index (χ1v) is 10.1. The summed E-state index contributed by atoms with van der Waals surface area (Å²) in [5.41, 5.74) is 2.03. The third kappa shape index (κ3) is 3.44. The zero-order chi connectivity index (χ0) is 23.0. The quantitative estimate of drug-likeness (QED) is 0.468. The summed E-state index contributed by atoms with van der Waals surface area (Å²) < 4.78 is 8.31. The first-order valence-electron chi connectivity index (χ1n) is 10.1. The number of aryl methyl sites for hydroxylation is 1. The van der Waals surface area contributed by atoms with E-state index in [1.165, 1.54) is 17.6 Å². The fourth-order valence-electron chi connectivity index (χ4n) is 3.65. The second-order valence-corrected chi connectivity index (χ2v) is 7.65. The van der Waals surface area contributed by atoms with Gasteiger partial charge in [0.15, 0.2) is 5.49 Å². The predicted octanol–water partition coefficient (Wildman–Crippen LogP) is 3.16. The monoisotopic (exact) mass is 427 g/mol. The minimum absolute atomic E-state index is 0.119. The third-order valence-electron chi connectivity index (χ3n) is 5.21. The van der Waals surface area contributed by atoms with Crippen molar-refractivity contribution in [1.82, 2.24) is 14.0 Å². The van der Waals surface area contributed by atoms with Crippen LogP contribution >= 0.6 is 0 Å². The van der Waals surface area contributed by atoms with Gasteiger partial charge in [0.1, 0.15) is 23.1 Å². The lowest BCUT2D eigenvalue weighted by Crippen LogP contribution is -2.30. The molecule has 0 saturated heterocycles. The molecule has 8 heteroatoms. The van der Waals surface area contributed by atoms with Crippen LogP contribution in [0.15, 0.2) is 58.4 Å². The summed E-state index contributed by atoms with van der Waals surface area (Å²) >= 11 is 0. The topological polar surface area (TPSA) is 102 Å². The number of methoxy groups -OCH3 is 1. The molecule has 0 N–H and O–H groups in total. The van der Waals surface area contributed by atoms with Crippen LogP contribution in [0.5, 0.6) is 5.75 Å². The number of rotatable bonds is 3. The Morgan fingerprint density at radius 2 is 1.97 bits per heavy atom. The first kappa shape index (κ1) is 21.0. The van der Waals surface area contributed by atoms with Crippen LogP contribution < -0.4 is 15.8 Å². The molecule has 0 radical (unpaired) electrons. The molecule has 0 bridgehead atoms. The van der Waals surface area contributed by atoms with Crippen LogP contribution in [0.4, 0.5) is 0 Å². The lowest BCUT2D eigenvalue weighted by Gasteiger charge is -2.17. The highest BCUT2D eigenvalue weighted by Gasteiger charge is 2.17. The lowest BCUT2D eigenvalue weighted by atomic mass is 10.2. The number of aromatic nitrogens is 3. The summed E-state index contributed by atoms with van der Waals surface area (Å²) in [4.78, 5) is 35.2. The highest BCUT2D eigenvalue weighted by molar-refractivity contribution is 5.95. The van der Waals surface area contributed by atoms with Crippen molar-refractivity contribution in [2.24, 2.45) is 4.99 Å². The summed E-state index contributed by atoms with van der Waals surface area (Å²) in [6, 6.07) is 13.6. The molecule has 0 aliphatic carbocycles. The van der Waals surface area contributed by atoms with Gasteiger partial charge in [-0.05, 0) is 56.7 Å². The van der Waals surface area contributed by atoms with Gasteiger partial charge in [-0.3, -0.25) is 14.0 Å². The van der Waals surface area contributed by atoms with Crippen molar-refractivity contribution in [2.75, 3.05) is 7.11 Å². The van der Waals surface area contributed by atoms with Gasteiger partial charge in [0, 0.05) is 17.8 Å². The Hall–Kier alpha value is -4.25. The number of pyridine rings is 2. The smallest absolute Gasteiger partial charge is 0.279 e. The molecular weight excluding hydrogens is 406 g/mol. The summed E-state index contributed by atoms with van der Waals surface area (Å²) in [6.07, 6.45) is 1.65. The van der Waals surface area contributed by atoms with E-state index in [9.17, 15) is 14.9 Å². The molecule has 0 atom stereocenters. The van der Waals surface area contributed by atoms with Gasteiger partial charge < -0.3 is 9.30 Å². The molecule has 0 fully saturated rings. The van der Waals surface area contributed by atoms with Crippen molar-refractivity contribution >= 4 is 22.6 Å². The Morgan fingerprint density at radius 1 is 1.19 bits per heavy atom. The molecule has 0 aliphatic rings. The van der Waals surface area contributed by atoms with Crippen molar-refractivity contribution in [3.05, 3.63) is 81.2 Å². The van der Waals surface area contributed by atoms with Crippen molar-refractivity contribution in [3.63, 3.8) is 0 Å². The Balaban J connectivity index is 2.11. The van der Waals surface area contributed by atoms with Crippen molar-refractivity contribution in [2.45, 2.75) is 26.8 Å². The average Bonchev–Trinajstić information content (AvgIpc) is 2.79. The molecule has 0 spiro atoms. The number of hydrogen-bond acceptors (Lipinski definition) is 5. The molecule has 3 heterocycles. The SMILES string of the molecule is COc1cccc(C(=O)N=c2c(C#N)cc3c(=O)n4cccc(C)c4nc3n2C(C)C)c1. The summed E-state index contributed by atoms with van der Waals surface area (Å²) in [6.45, 7) is 5.64. The number of benzene rings is 1. The fraction of sp³-hybridized carbons (Fsp3) is 0.208. The maximum Gasteiger partial charge on any atom is 0.279 e. The van der Waals surface area contributed by atoms with Gasteiger partial charge in [0.25, 0.3) is 11.5 Å². The molecule has 0 saturated carbocycles. The van der Waals surface area contributed by atoms with Crippen molar-refractivity contribution < 1.29 is 9.53 Å². The highest BCUT2D eigenvalue weighted by atomic mass is 16.5. The fourth-order valence-corrected chi connectivity index (χ4v) is 3.65. The van der Waals surface area contributed by atoms with E-state index >= 15 is 0 Å². The van der Waals surface area contributed by atoms with E-state index in [2.05, 4.69) is 11.1 Å². The normalized spacial score (nSPS) is 11.8. The van der Waals surface area contributed by atoms with Gasteiger partial charge in [0.2, 0.25) is 0 Å². The second kappa shape index (κ2) is 8.12. The van der Waals surface area contributed by atoms with Crippen LogP contribution in [0.25, 0.3) is 16.7 Å². The molecule has 4 aromatic rings. The number of amides is 1. The average molecular weight is 427 g/mol. The van der Waals surface area contributed by atoms with Crippen LogP contribution in [0.2, 0.25) is 0 Å². The van der Waals surface area contributed by atoms with Crippen molar-refractivity contribution in [1.29, 1.82) is 5.26 Å². The summed E-state index contributed by atoms with van der Waals surface area (Å²) in [5.74, 6) is 0.00118. The molecule has 4 rings (SSSR count). The van der Waals surface area contributed by atoms with Crippen molar-refractivity contribution in [3.8, 4) is 11.8 Å². The maximum atomic E-state index is 13.2. The van der Waals surface area contributed by atoms with Gasteiger partial charge in [-0.25, -0.2) is 4.98 Å². The predicted molar refractivity (Wildman–Crippen MR) is 120 cm³/mol. The van der Waals surface area contributed by atoms with E-state index in [-0.39, 0.29) is 28.0 Å². The van der Waals surface area contributed by atoms with E-state index < -0.39 is 5.91 Å². The van der Waals surface area contributed by atoms with E-state index in [1.807, 2.05) is 26.8 Å². The number of nitriles is 1. The summed E-state index contributed by atoms with van der Waals surface area (Å²) in [5, 5.41) is 10.1. The van der Waals surface area contributed by atoms with E-state index in [0.717, 1.165) is 5.56 Å². The van der Waals surface area contributed by atoms with E-state index in [0.29, 0.717) is 22.6 Å². The molecule has 3 aromatic heterocycles. The van der Waals surface area contributed by atoms with Crippen LogP contribution in [0.3, 0.4) is 0 Å². The number of nitrogens with zero attached hydrogens (tertiary/aromatic N) is 5. The Morgan fingerprint density at radius 3 is 2.66 bits per heavy atom. The van der Waals surface area contributed by atoms with Crippen LogP contribution in [-0.2, 0) is 0 Å². The molecule has 1 aromatic carbocycles. The number of hydrogen-bond donors (Lipinski definition) is 0. The highest BCUT2D eigenvalue weighted by Crippen LogP contribution is 2.17. The maximum absolute atomic E-state index is 13.2. The number of ether oxygens (including phenoxy) is 1. The van der Waals surface area contributed by atoms with Gasteiger partial charge >= 0.3 is 0 Å². The molecule has 160 valence electrons. The first-order chi connectivity index (χ1) is 15.3. The largest absolute Gasteiger partial charge is 0.497 e. The molecule has 0 unspecified atom stereocenters. The Kier molecular flexibility index (Phi) is 5.33. The molecule has 0 aliphatic heterocycles. The molecule has 32 heavy (non-hydrogen) atoms. The Labute approximate surface area is 183 Å². The van der Waals surface area contributed by atoms with Gasteiger partial charge in [0.05, 0.1) is 18.1 Å². The zero-order valence-corrected chi connectivity index (χ0v) is 18.2. The molecule has 8 nitrogen and oxygen atoms in total. The van der Waals surface area contributed by atoms with Crippen LogP contribution in [-0.4, -0.2) is 27.0 Å². The van der Waals surface area contributed by atoms with E-state index in [4.69, 9.17) is 9.72 Å². The number of carbonyl (C=O) groups excluding carboxylic acids is 1. The Bertz CT molecular complexity index is 1550. The van der Waals surface area contributed by atoms with Gasteiger partial charge in [-0.15, -0.1) is 0 Å². The number of fused-ring (bicyclic) bond motifs is 2. The van der Waals surface area contributed by atoms with Crippen LogP contribution in [0, 0.1) is 18.3 Å². The minimum atomic E-state index is -0.525. The minimum Gasteiger partial charge on any atom is -0.497 e. The van der Waals surface area contributed by atoms with Gasteiger partial charge in [-0.2, -0.15) is 10.3 Å². The molecular formula is C24H21N5O3. The third-order valence-corrected chi connectivity index (χ3v) is 5.21.